The Morgan fingerprint density at radius 1 is 1.45 bits per heavy atom. The first-order valence-electron chi connectivity index (χ1n) is 6.28. The van der Waals surface area contributed by atoms with Crippen LogP contribution in [0.2, 0.25) is 0 Å². The molecule has 0 aromatic carbocycles. The first-order valence-corrected chi connectivity index (χ1v) is 6.28. The number of hydrogen-bond donors (Lipinski definition) is 4. The minimum absolute atomic E-state index is 0.0309. The molecule has 8 nitrogen and oxygen atoms in total. The molecule has 1 aromatic rings. The van der Waals surface area contributed by atoms with E-state index in [1.807, 2.05) is 13.8 Å². The van der Waals surface area contributed by atoms with Crippen molar-refractivity contribution in [3.05, 3.63) is 32.1 Å². The molecular formula is C12H19N5O3. The monoisotopic (exact) mass is 281 g/mol. The third-order valence-electron chi connectivity index (χ3n) is 3.10. The number of H-pyrrole nitrogens is 2. The van der Waals surface area contributed by atoms with E-state index in [0.717, 1.165) is 6.42 Å². The molecule has 0 aliphatic carbocycles. The molecule has 0 saturated heterocycles. The van der Waals surface area contributed by atoms with Crippen LogP contribution in [0.25, 0.3) is 0 Å². The van der Waals surface area contributed by atoms with Gasteiger partial charge in [-0.1, -0.05) is 20.3 Å². The number of nitrogens with one attached hydrogen (secondary N) is 3. The third-order valence-corrected chi connectivity index (χ3v) is 3.10. The summed E-state index contributed by atoms with van der Waals surface area (Å²) >= 11 is 0. The molecule has 0 unspecified atom stereocenters. The van der Waals surface area contributed by atoms with Gasteiger partial charge >= 0.3 is 5.69 Å². The van der Waals surface area contributed by atoms with Gasteiger partial charge in [-0.25, -0.2) is 10.2 Å². The number of hydrogen-bond acceptors (Lipinski definition) is 5. The second-order valence-corrected chi connectivity index (χ2v) is 4.59. The van der Waals surface area contributed by atoms with Crippen LogP contribution in [0.5, 0.6) is 0 Å². The highest BCUT2D eigenvalue weighted by Crippen LogP contribution is 2.04. The van der Waals surface area contributed by atoms with Crippen LogP contribution in [0.15, 0.2) is 14.7 Å². The van der Waals surface area contributed by atoms with Crippen molar-refractivity contribution in [1.82, 2.24) is 15.4 Å². The van der Waals surface area contributed by atoms with E-state index in [9.17, 15) is 14.4 Å². The Morgan fingerprint density at radius 3 is 2.65 bits per heavy atom. The largest absolute Gasteiger partial charge is 0.325 e. The van der Waals surface area contributed by atoms with Crippen LogP contribution < -0.4 is 22.4 Å². The molecule has 1 amide bonds. The van der Waals surface area contributed by atoms with Gasteiger partial charge in [-0.15, -0.1) is 0 Å². The average Bonchev–Trinajstić information content (AvgIpc) is 2.39. The number of nitrogens with zero attached hydrogens (tertiary/aromatic N) is 1. The summed E-state index contributed by atoms with van der Waals surface area (Å²) in [4.78, 5) is 38.7. The molecule has 1 rings (SSSR count). The quantitative estimate of drug-likeness (QED) is 0.415. The second-order valence-electron chi connectivity index (χ2n) is 4.59. The number of rotatable bonds is 5. The summed E-state index contributed by atoms with van der Waals surface area (Å²) in [6.07, 6.45) is 1.95. The molecule has 0 spiro atoms. The van der Waals surface area contributed by atoms with E-state index in [-0.39, 0.29) is 11.5 Å². The molecule has 0 aliphatic heterocycles. The van der Waals surface area contributed by atoms with E-state index in [1.165, 1.54) is 6.21 Å². The summed E-state index contributed by atoms with van der Waals surface area (Å²) in [5, 5.41) is 3.68. The van der Waals surface area contributed by atoms with Crippen LogP contribution in [0, 0.1) is 12.8 Å². The standard InChI is InChI=1S/C12H19N5O3/c1-4-6(2)9(13)11(19)17-14-5-8-7(3)15-12(20)16-10(8)18/h5-6,9H,4,13H2,1-3H3,(H,17,19)(H2,15,16,18,20)/b14-5-/t6-,9-/m0/s1. The highest BCUT2D eigenvalue weighted by Gasteiger charge is 2.18. The molecule has 0 fully saturated rings. The van der Waals surface area contributed by atoms with Crippen molar-refractivity contribution in [3.63, 3.8) is 0 Å². The third kappa shape index (κ3) is 3.89. The molecule has 1 heterocycles. The molecule has 0 saturated carbocycles. The van der Waals surface area contributed by atoms with Crippen molar-refractivity contribution in [3.8, 4) is 0 Å². The number of carbonyl (C=O) groups excluding carboxylic acids is 1. The summed E-state index contributed by atoms with van der Waals surface area (Å²) in [6.45, 7) is 5.36. The van der Waals surface area contributed by atoms with Gasteiger partial charge in [0, 0.05) is 5.69 Å². The predicted molar refractivity (Wildman–Crippen MR) is 75.6 cm³/mol. The highest BCUT2D eigenvalue weighted by atomic mass is 16.2. The van der Waals surface area contributed by atoms with Gasteiger partial charge in [0.1, 0.15) is 0 Å². The lowest BCUT2D eigenvalue weighted by atomic mass is 10.00. The molecule has 110 valence electrons. The Balaban J connectivity index is 2.78. The molecule has 20 heavy (non-hydrogen) atoms. The fourth-order valence-electron chi connectivity index (χ4n) is 1.51. The van der Waals surface area contributed by atoms with E-state index in [4.69, 9.17) is 5.73 Å². The fourth-order valence-corrected chi connectivity index (χ4v) is 1.51. The summed E-state index contributed by atoms with van der Waals surface area (Å²) in [6, 6.07) is -0.660. The lowest BCUT2D eigenvalue weighted by Gasteiger charge is -2.15. The molecule has 0 aliphatic rings. The van der Waals surface area contributed by atoms with Gasteiger partial charge in [-0.05, 0) is 12.8 Å². The topological polar surface area (TPSA) is 133 Å². The molecule has 5 N–H and O–H groups in total. The molecular weight excluding hydrogens is 262 g/mol. The van der Waals surface area contributed by atoms with Crippen molar-refractivity contribution < 1.29 is 4.79 Å². The molecule has 1 aromatic heterocycles. The van der Waals surface area contributed by atoms with Crippen LogP contribution in [0.3, 0.4) is 0 Å². The van der Waals surface area contributed by atoms with Crippen LogP contribution in [-0.4, -0.2) is 28.1 Å². The first kappa shape index (κ1) is 15.8. The van der Waals surface area contributed by atoms with Crippen LogP contribution in [0.1, 0.15) is 31.5 Å². The van der Waals surface area contributed by atoms with Gasteiger partial charge in [0.25, 0.3) is 11.5 Å². The Kier molecular flexibility index (Phi) is 5.39. The summed E-state index contributed by atoms with van der Waals surface area (Å²) in [5.41, 5.74) is 7.37. The highest BCUT2D eigenvalue weighted by molar-refractivity contribution is 5.85. The van der Waals surface area contributed by atoms with Crippen molar-refractivity contribution in [1.29, 1.82) is 0 Å². The summed E-state index contributed by atoms with van der Waals surface area (Å²) in [5.74, 6) is -0.391. The zero-order valence-electron chi connectivity index (χ0n) is 11.7. The van der Waals surface area contributed by atoms with Gasteiger partial charge in [0.05, 0.1) is 17.8 Å². The van der Waals surface area contributed by atoms with E-state index >= 15 is 0 Å². The maximum absolute atomic E-state index is 11.7. The van der Waals surface area contributed by atoms with Crippen molar-refractivity contribution in [2.24, 2.45) is 16.8 Å². The van der Waals surface area contributed by atoms with Gasteiger partial charge in [0.2, 0.25) is 0 Å². The minimum atomic E-state index is -0.660. The Labute approximate surface area is 115 Å². The number of carbonyl (C=O) groups is 1. The average molecular weight is 281 g/mol. The minimum Gasteiger partial charge on any atom is -0.320 e. The van der Waals surface area contributed by atoms with E-state index < -0.39 is 23.2 Å². The first-order chi connectivity index (χ1) is 9.36. The van der Waals surface area contributed by atoms with Crippen molar-refractivity contribution >= 4 is 12.1 Å². The van der Waals surface area contributed by atoms with Crippen molar-refractivity contribution in [2.45, 2.75) is 33.2 Å². The van der Waals surface area contributed by atoms with Gasteiger partial charge in [-0.3, -0.25) is 14.6 Å². The maximum atomic E-state index is 11.7. The Morgan fingerprint density at radius 2 is 2.10 bits per heavy atom. The summed E-state index contributed by atoms with van der Waals surface area (Å²) < 4.78 is 0. The van der Waals surface area contributed by atoms with Gasteiger partial charge < -0.3 is 10.7 Å². The SMILES string of the molecule is CC[C@H](C)[C@H](N)C(=O)N/N=C\c1c(C)[nH]c(=O)[nH]c1=O. The Bertz CT molecular complexity index is 616. The Hall–Kier alpha value is -2.22. The van der Waals surface area contributed by atoms with Gasteiger partial charge in [-0.2, -0.15) is 5.10 Å². The van der Waals surface area contributed by atoms with E-state index in [0.29, 0.717) is 5.69 Å². The molecule has 0 radical (unpaired) electrons. The van der Waals surface area contributed by atoms with Crippen LogP contribution in [-0.2, 0) is 4.79 Å². The molecule has 0 bridgehead atoms. The number of hydrazone groups is 1. The predicted octanol–water partition coefficient (Wildman–Crippen LogP) is -0.805. The number of amides is 1. The smallest absolute Gasteiger partial charge is 0.320 e. The van der Waals surface area contributed by atoms with E-state index in [1.54, 1.807) is 6.92 Å². The van der Waals surface area contributed by atoms with E-state index in [2.05, 4.69) is 20.5 Å². The van der Waals surface area contributed by atoms with Crippen LogP contribution in [0.4, 0.5) is 0 Å². The zero-order valence-corrected chi connectivity index (χ0v) is 11.7. The number of nitrogens with two attached hydrogens (primary N) is 1. The lowest BCUT2D eigenvalue weighted by molar-refractivity contribution is -0.123. The zero-order chi connectivity index (χ0) is 15.3. The number of aromatic nitrogens is 2. The fraction of sp³-hybridized carbons (Fsp3) is 0.500. The number of aryl methyl sites for hydroxylation is 1. The molecule has 2 atom stereocenters. The van der Waals surface area contributed by atoms with Gasteiger partial charge in [0.15, 0.2) is 0 Å². The second kappa shape index (κ2) is 6.80. The van der Waals surface area contributed by atoms with Crippen LogP contribution >= 0.6 is 0 Å². The number of aromatic amines is 2. The maximum Gasteiger partial charge on any atom is 0.325 e. The van der Waals surface area contributed by atoms with Crippen molar-refractivity contribution in [2.75, 3.05) is 0 Å². The summed E-state index contributed by atoms with van der Waals surface area (Å²) in [7, 11) is 0. The lowest BCUT2D eigenvalue weighted by Crippen LogP contribution is -2.42. The molecule has 8 heteroatoms. The normalized spacial score (nSPS) is 14.2.